The Hall–Kier alpha value is -1.12. The van der Waals surface area contributed by atoms with Gasteiger partial charge in [-0.25, -0.2) is 9.37 Å². The van der Waals surface area contributed by atoms with E-state index in [0.717, 1.165) is 0 Å². The lowest BCUT2D eigenvalue weighted by Gasteiger charge is -1.96. The molecule has 0 amide bonds. The summed E-state index contributed by atoms with van der Waals surface area (Å²) in [5.41, 5.74) is 5.68. The van der Waals surface area contributed by atoms with Gasteiger partial charge in [0.1, 0.15) is 11.6 Å². The summed E-state index contributed by atoms with van der Waals surface area (Å²) in [6.07, 6.45) is 1.34. The van der Waals surface area contributed by atoms with Crippen molar-refractivity contribution in [1.82, 2.24) is 4.98 Å². The highest BCUT2D eigenvalue weighted by atomic mass is 19.1. The Morgan fingerprint density at radius 1 is 1.67 bits per heavy atom. The van der Waals surface area contributed by atoms with Crippen LogP contribution in [0.3, 0.4) is 0 Å². The third-order valence-corrected chi connectivity index (χ3v) is 1.18. The summed E-state index contributed by atoms with van der Waals surface area (Å²) in [5, 5.41) is 0. The van der Waals surface area contributed by atoms with E-state index in [1.807, 2.05) is 0 Å². The van der Waals surface area contributed by atoms with Crippen molar-refractivity contribution in [2.24, 2.45) is 0 Å². The first-order chi connectivity index (χ1) is 4.22. The molecule has 0 radical (unpaired) electrons. The van der Waals surface area contributed by atoms with Gasteiger partial charge in [0.25, 0.3) is 0 Å². The molecule has 9 heavy (non-hydrogen) atoms. The second kappa shape index (κ2) is 2.01. The second-order valence-corrected chi connectivity index (χ2v) is 1.80. The number of hydrogen-bond acceptors (Lipinski definition) is 2. The maximum absolute atomic E-state index is 12.5. The quantitative estimate of drug-likeness (QED) is 0.565. The normalized spacial score (nSPS) is 9.56. The summed E-state index contributed by atoms with van der Waals surface area (Å²) in [6, 6.07) is 1.28. The molecule has 0 saturated carbocycles. The maximum Gasteiger partial charge on any atom is 0.131 e. The van der Waals surface area contributed by atoms with Crippen LogP contribution in [0.25, 0.3) is 0 Å². The van der Waals surface area contributed by atoms with Crippen LogP contribution in [0.2, 0.25) is 0 Å². The first kappa shape index (κ1) is 6.01. The summed E-state index contributed by atoms with van der Waals surface area (Å²) >= 11 is 0. The van der Waals surface area contributed by atoms with Crippen LogP contribution in [-0.4, -0.2) is 4.98 Å². The van der Waals surface area contributed by atoms with Crippen LogP contribution in [0.4, 0.5) is 10.2 Å². The standard InChI is InChI=1S/C6H7FN2/c1-4-5(7)2-3-9-6(4)8/h2-3H,1H3,(H2,8,9). The van der Waals surface area contributed by atoms with Crippen LogP contribution in [0.1, 0.15) is 5.56 Å². The maximum atomic E-state index is 12.5. The SMILES string of the molecule is Cc1c(F)ccnc1N. The van der Waals surface area contributed by atoms with Crippen molar-refractivity contribution in [3.05, 3.63) is 23.6 Å². The molecule has 48 valence electrons. The minimum atomic E-state index is -0.303. The van der Waals surface area contributed by atoms with E-state index in [0.29, 0.717) is 5.56 Å². The van der Waals surface area contributed by atoms with Gasteiger partial charge in [-0.2, -0.15) is 0 Å². The third kappa shape index (κ3) is 0.988. The Morgan fingerprint density at radius 2 is 2.33 bits per heavy atom. The van der Waals surface area contributed by atoms with E-state index in [1.54, 1.807) is 6.92 Å². The zero-order valence-corrected chi connectivity index (χ0v) is 5.06. The van der Waals surface area contributed by atoms with Crippen LogP contribution in [-0.2, 0) is 0 Å². The Morgan fingerprint density at radius 3 is 2.78 bits per heavy atom. The topological polar surface area (TPSA) is 38.9 Å². The fourth-order valence-electron chi connectivity index (χ4n) is 0.527. The Balaban J connectivity index is 3.25. The van der Waals surface area contributed by atoms with E-state index >= 15 is 0 Å². The molecule has 1 aromatic heterocycles. The second-order valence-electron chi connectivity index (χ2n) is 1.80. The highest BCUT2D eigenvalue weighted by Crippen LogP contribution is 2.08. The van der Waals surface area contributed by atoms with E-state index < -0.39 is 0 Å². The summed E-state index contributed by atoms with van der Waals surface area (Å²) in [6.45, 7) is 1.59. The van der Waals surface area contributed by atoms with Crippen LogP contribution in [0.5, 0.6) is 0 Å². The van der Waals surface area contributed by atoms with Gasteiger partial charge in [-0.3, -0.25) is 0 Å². The molecule has 0 aromatic carbocycles. The lowest BCUT2D eigenvalue weighted by molar-refractivity contribution is 0.617. The molecule has 1 rings (SSSR count). The molecule has 0 aliphatic rings. The van der Waals surface area contributed by atoms with Gasteiger partial charge >= 0.3 is 0 Å². The van der Waals surface area contributed by atoms with E-state index in [9.17, 15) is 4.39 Å². The van der Waals surface area contributed by atoms with Crippen LogP contribution in [0.15, 0.2) is 12.3 Å². The summed E-state index contributed by atoms with van der Waals surface area (Å²) in [7, 11) is 0. The molecule has 0 saturated heterocycles. The van der Waals surface area contributed by atoms with Crippen LogP contribution in [0, 0.1) is 12.7 Å². The molecule has 0 aliphatic carbocycles. The van der Waals surface area contributed by atoms with Crippen molar-refractivity contribution in [1.29, 1.82) is 0 Å². The fourth-order valence-corrected chi connectivity index (χ4v) is 0.527. The number of nitrogens with zero attached hydrogens (tertiary/aromatic N) is 1. The average Bonchev–Trinajstić information content (AvgIpc) is 1.83. The molecule has 1 heterocycles. The number of halogens is 1. The Kier molecular flexibility index (Phi) is 1.34. The first-order valence-electron chi connectivity index (χ1n) is 2.58. The highest BCUT2D eigenvalue weighted by molar-refractivity contribution is 5.37. The summed E-state index contributed by atoms with van der Waals surface area (Å²) < 4.78 is 12.5. The molecule has 0 fully saturated rings. The zero-order valence-electron chi connectivity index (χ0n) is 5.06. The molecule has 2 nitrogen and oxygen atoms in total. The van der Waals surface area contributed by atoms with Crippen LogP contribution < -0.4 is 5.73 Å². The Bertz CT molecular complexity index is 202. The number of rotatable bonds is 0. The fraction of sp³-hybridized carbons (Fsp3) is 0.167. The van der Waals surface area contributed by atoms with Gasteiger partial charge in [-0.05, 0) is 13.0 Å². The number of hydrogen-bond donors (Lipinski definition) is 1. The minimum absolute atomic E-state index is 0.259. The summed E-state index contributed by atoms with van der Waals surface area (Å²) in [4.78, 5) is 3.68. The first-order valence-corrected chi connectivity index (χ1v) is 2.58. The molecular formula is C6H7FN2. The molecule has 0 aliphatic heterocycles. The van der Waals surface area contributed by atoms with Gasteiger partial charge in [-0.15, -0.1) is 0 Å². The zero-order chi connectivity index (χ0) is 6.85. The predicted octanol–water partition coefficient (Wildman–Crippen LogP) is 1.11. The average molecular weight is 126 g/mol. The number of anilines is 1. The molecule has 2 N–H and O–H groups in total. The third-order valence-electron chi connectivity index (χ3n) is 1.18. The van der Waals surface area contributed by atoms with Crippen molar-refractivity contribution in [2.75, 3.05) is 5.73 Å². The highest BCUT2D eigenvalue weighted by Gasteiger charge is 1.98. The van der Waals surface area contributed by atoms with Crippen molar-refractivity contribution in [3.63, 3.8) is 0 Å². The van der Waals surface area contributed by atoms with E-state index in [2.05, 4.69) is 4.98 Å². The van der Waals surface area contributed by atoms with Crippen LogP contribution >= 0.6 is 0 Å². The van der Waals surface area contributed by atoms with Gasteiger partial charge in [-0.1, -0.05) is 0 Å². The van der Waals surface area contributed by atoms with Gasteiger partial charge in [0.15, 0.2) is 0 Å². The van der Waals surface area contributed by atoms with E-state index in [4.69, 9.17) is 5.73 Å². The molecule has 0 unspecified atom stereocenters. The van der Waals surface area contributed by atoms with Crippen molar-refractivity contribution >= 4 is 5.82 Å². The predicted molar refractivity (Wildman–Crippen MR) is 33.3 cm³/mol. The molecule has 0 atom stereocenters. The number of pyridine rings is 1. The number of aromatic nitrogens is 1. The largest absolute Gasteiger partial charge is 0.383 e. The summed E-state index contributed by atoms with van der Waals surface area (Å²) in [5.74, 6) is -0.0440. The van der Waals surface area contributed by atoms with Crippen molar-refractivity contribution in [3.8, 4) is 0 Å². The van der Waals surface area contributed by atoms with Gasteiger partial charge in [0.2, 0.25) is 0 Å². The number of nitrogens with two attached hydrogens (primary N) is 1. The minimum Gasteiger partial charge on any atom is -0.383 e. The smallest absolute Gasteiger partial charge is 0.131 e. The molecule has 0 bridgehead atoms. The molecule has 3 heteroatoms. The number of nitrogen functional groups attached to an aromatic ring is 1. The lowest BCUT2D eigenvalue weighted by atomic mass is 10.3. The van der Waals surface area contributed by atoms with E-state index in [1.165, 1.54) is 12.3 Å². The molecular weight excluding hydrogens is 119 g/mol. The lowest BCUT2D eigenvalue weighted by Crippen LogP contribution is -1.95. The Labute approximate surface area is 52.5 Å². The van der Waals surface area contributed by atoms with Crippen molar-refractivity contribution < 1.29 is 4.39 Å². The monoisotopic (exact) mass is 126 g/mol. The van der Waals surface area contributed by atoms with Gasteiger partial charge in [0, 0.05) is 11.8 Å². The van der Waals surface area contributed by atoms with E-state index in [-0.39, 0.29) is 11.6 Å². The van der Waals surface area contributed by atoms with Gasteiger partial charge < -0.3 is 5.73 Å². The molecule has 0 spiro atoms. The van der Waals surface area contributed by atoms with Crippen molar-refractivity contribution in [2.45, 2.75) is 6.92 Å². The molecule has 1 aromatic rings. The van der Waals surface area contributed by atoms with Gasteiger partial charge in [0.05, 0.1) is 0 Å².